The maximum atomic E-state index is 13.0. The highest BCUT2D eigenvalue weighted by molar-refractivity contribution is 6.28. The first-order valence-electron chi connectivity index (χ1n) is 8.47. The van der Waals surface area contributed by atoms with Crippen LogP contribution in [0, 0.1) is 5.92 Å². The lowest BCUT2D eigenvalue weighted by Gasteiger charge is -2.30. The number of hydrogen-bond donors (Lipinski definition) is 0. The van der Waals surface area contributed by atoms with E-state index in [-0.39, 0.29) is 11.8 Å². The van der Waals surface area contributed by atoms with E-state index in [0.717, 1.165) is 11.3 Å². The van der Waals surface area contributed by atoms with Crippen LogP contribution in [0.5, 0.6) is 0 Å². The number of aromatic nitrogens is 1. The molecule has 0 aliphatic carbocycles. The monoisotopic (exact) mass is 335 g/mol. The summed E-state index contributed by atoms with van der Waals surface area (Å²) in [4.78, 5) is 35.6. The number of aliphatic imine (C=N–C) groups is 1. The van der Waals surface area contributed by atoms with E-state index in [9.17, 15) is 9.59 Å². The first-order chi connectivity index (χ1) is 12.1. The second kappa shape index (κ2) is 7.38. The molecule has 128 valence electrons. The van der Waals surface area contributed by atoms with E-state index in [1.54, 1.807) is 42.7 Å². The Bertz CT molecular complexity index is 800. The molecule has 0 bridgehead atoms. The molecule has 5 nitrogen and oxygen atoms in total. The molecule has 1 atom stereocenters. The molecule has 25 heavy (non-hydrogen) atoms. The number of nitrogens with zero attached hydrogens (tertiary/aromatic N) is 3. The molecule has 1 aromatic heterocycles. The molecular formula is C20H21N3O2. The molecule has 1 aromatic carbocycles. The molecule has 2 aromatic rings. The third kappa shape index (κ3) is 3.50. The second-order valence-electron chi connectivity index (χ2n) is 6.47. The summed E-state index contributed by atoms with van der Waals surface area (Å²) in [5, 5.41) is 0. The summed E-state index contributed by atoms with van der Waals surface area (Å²) in [5.74, 6) is -0.324. The minimum atomic E-state index is -0.567. The maximum Gasteiger partial charge on any atom is 0.266 e. The van der Waals surface area contributed by atoms with E-state index in [4.69, 9.17) is 0 Å². The van der Waals surface area contributed by atoms with Crippen LogP contribution in [0.3, 0.4) is 0 Å². The normalized spacial score (nSPS) is 17.4. The number of imide groups is 1. The topological polar surface area (TPSA) is 62.6 Å². The number of benzene rings is 1. The van der Waals surface area contributed by atoms with E-state index in [0.29, 0.717) is 29.4 Å². The van der Waals surface area contributed by atoms with Gasteiger partial charge in [0.2, 0.25) is 5.91 Å². The lowest BCUT2D eigenvalue weighted by molar-refractivity contribution is -0.118. The Balaban J connectivity index is 1.97. The van der Waals surface area contributed by atoms with Gasteiger partial charge in [-0.15, -0.1) is 0 Å². The number of amides is 2. The standard InChI is InChI=1S/C20H21N3O2/c1-14(2)10-12-21-13-17-15-7-3-4-8-16(15)19(24)23(20(17)25)18-9-5-6-11-22-18/h3-9,11,13-14,17H,10,12H2,1-2H3. The van der Waals surface area contributed by atoms with Crippen molar-refractivity contribution in [3.63, 3.8) is 0 Å². The zero-order valence-electron chi connectivity index (χ0n) is 14.4. The Hall–Kier alpha value is -2.82. The van der Waals surface area contributed by atoms with Crippen molar-refractivity contribution in [1.29, 1.82) is 0 Å². The van der Waals surface area contributed by atoms with E-state index in [1.165, 1.54) is 0 Å². The van der Waals surface area contributed by atoms with Crippen molar-refractivity contribution in [3.05, 3.63) is 59.8 Å². The highest BCUT2D eigenvalue weighted by atomic mass is 16.2. The Kier molecular flexibility index (Phi) is 5.03. The SMILES string of the molecule is CC(C)CCN=CC1C(=O)N(c2ccccn2)C(=O)c2ccccc21. The fourth-order valence-electron chi connectivity index (χ4n) is 2.82. The molecule has 1 aliphatic heterocycles. The zero-order chi connectivity index (χ0) is 17.8. The van der Waals surface area contributed by atoms with Crippen LogP contribution >= 0.6 is 0 Å². The molecule has 0 spiro atoms. The number of rotatable bonds is 5. The van der Waals surface area contributed by atoms with Crippen LogP contribution in [0.2, 0.25) is 0 Å². The van der Waals surface area contributed by atoms with Gasteiger partial charge in [-0.1, -0.05) is 38.1 Å². The minimum absolute atomic E-state index is 0.310. The fraction of sp³-hybridized carbons (Fsp3) is 0.300. The quantitative estimate of drug-likeness (QED) is 0.621. The van der Waals surface area contributed by atoms with Gasteiger partial charge in [0, 0.05) is 24.5 Å². The minimum Gasteiger partial charge on any atom is -0.296 e. The van der Waals surface area contributed by atoms with Crippen molar-refractivity contribution in [2.24, 2.45) is 10.9 Å². The smallest absolute Gasteiger partial charge is 0.266 e. The fourth-order valence-corrected chi connectivity index (χ4v) is 2.82. The van der Waals surface area contributed by atoms with Crippen molar-refractivity contribution in [2.75, 3.05) is 11.4 Å². The van der Waals surface area contributed by atoms with Crippen LogP contribution in [-0.2, 0) is 4.79 Å². The van der Waals surface area contributed by atoms with Gasteiger partial charge in [-0.3, -0.25) is 14.6 Å². The highest BCUT2D eigenvalue weighted by Crippen LogP contribution is 2.30. The van der Waals surface area contributed by atoms with Gasteiger partial charge in [-0.2, -0.15) is 0 Å². The summed E-state index contributed by atoms with van der Waals surface area (Å²) >= 11 is 0. The van der Waals surface area contributed by atoms with Crippen molar-refractivity contribution < 1.29 is 9.59 Å². The van der Waals surface area contributed by atoms with Crippen LogP contribution in [0.4, 0.5) is 5.82 Å². The van der Waals surface area contributed by atoms with Crippen molar-refractivity contribution in [3.8, 4) is 0 Å². The molecule has 0 saturated heterocycles. The molecular weight excluding hydrogens is 314 g/mol. The van der Waals surface area contributed by atoms with Gasteiger partial charge in [0.05, 0.1) is 5.92 Å². The molecule has 1 aliphatic rings. The molecule has 1 unspecified atom stereocenters. The summed E-state index contributed by atoms with van der Waals surface area (Å²) in [6.07, 6.45) is 4.20. The Morgan fingerprint density at radius 2 is 1.92 bits per heavy atom. The Morgan fingerprint density at radius 3 is 2.64 bits per heavy atom. The third-order valence-electron chi connectivity index (χ3n) is 4.18. The van der Waals surface area contributed by atoms with Crippen LogP contribution in [0.25, 0.3) is 0 Å². The average Bonchev–Trinajstić information content (AvgIpc) is 2.62. The first-order valence-corrected chi connectivity index (χ1v) is 8.47. The number of carbonyl (C=O) groups excluding carboxylic acids is 2. The molecule has 0 saturated carbocycles. The molecule has 0 N–H and O–H groups in total. The first kappa shape index (κ1) is 17.0. The molecule has 0 radical (unpaired) electrons. The molecule has 2 heterocycles. The van der Waals surface area contributed by atoms with Crippen molar-refractivity contribution >= 4 is 23.8 Å². The van der Waals surface area contributed by atoms with Gasteiger partial charge in [0.1, 0.15) is 5.82 Å². The van der Waals surface area contributed by atoms with Gasteiger partial charge in [0.25, 0.3) is 5.91 Å². The van der Waals surface area contributed by atoms with Crippen LogP contribution in [0.15, 0.2) is 53.7 Å². The Morgan fingerprint density at radius 1 is 1.16 bits per heavy atom. The largest absolute Gasteiger partial charge is 0.296 e. The Labute approximate surface area is 147 Å². The molecule has 3 rings (SSSR count). The van der Waals surface area contributed by atoms with Crippen LogP contribution < -0.4 is 4.90 Å². The van der Waals surface area contributed by atoms with E-state index in [2.05, 4.69) is 23.8 Å². The number of hydrogen-bond acceptors (Lipinski definition) is 4. The molecule has 2 amide bonds. The summed E-state index contributed by atoms with van der Waals surface area (Å²) in [7, 11) is 0. The average molecular weight is 335 g/mol. The summed E-state index contributed by atoms with van der Waals surface area (Å²) in [6, 6.07) is 12.4. The molecule has 5 heteroatoms. The number of carbonyl (C=O) groups is 2. The lowest BCUT2D eigenvalue weighted by Crippen LogP contribution is -2.45. The zero-order valence-corrected chi connectivity index (χ0v) is 14.4. The van der Waals surface area contributed by atoms with Gasteiger partial charge in [-0.25, -0.2) is 9.88 Å². The van der Waals surface area contributed by atoms with E-state index in [1.807, 2.05) is 12.1 Å². The summed E-state index contributed by atoms with van der Waals surface area (Å²) in [5.41, 5.74) is 1.23. The third-order valence-corrected chi connectivity index (χ3v) is 4.18. The van der Waals surface area contributed by atoms with Crippen LogP contribution in [0.1, 0.15) is 42.1 Å². The summed E-state index contributed by atoms with van der Waals surface area (Å²) < 4.78 is 0. The van der Waals surface area contributed by atoms with E-state index >= 15 is 0 Å². The van der Waals surface area contributed by atoms with Crippen molar-refractivity contribution in [2.45, 2.75) is 26.2 Å². The second-order valence-corrected chi connectivity index (χ2v) is 6.47. The van der Waals surface area contributed by atoms with Crippen molar-refractivity contribution in [1.82, 2.24) is 4.98 Å². The highest BCUT2D eigenvalue weighted by Gasteiger charge is 2.39. The lowest BCUT2D eigenvalue weighted by atomic mass is 9.89. The number of fused-ring (bicyclic) bond motifs is 1. The van der Waals surface area contributed by atoms with Crippen LogP contribution in [-0.4, -0.2) is 29.6 Å². The number of pyridine rings is 1. The molecule has 0 fully saturated rings. The predicted octanol–water partition coefficient (Wildman–Crippen LogP) is 3.47. The maximum absolute atomic E-state index is 13.0. The summed E-state index contributed by atoms with van der Waals surface area (Å²) in [6.45, 7) is 4.94. The number of anilines is 1. The van der Waals surface area contributed by atoms with Gasteiger partial charge in [-0.05, 0) is 36.1 Å². The van der Waals surface area contributed by atoms with Gasteiger partial charge < -0.3 is 0 Å². The van der Waals surface area contributed by atoms with Gasteiger partial charge >= 0.3 is 0 Å². The van der Waals surface area contributed by atoms with Gasteiger partial charge in [0.15, 0.2) is 0 Å². The van der Waals surface area contributed by atoms with E-state index < -0.39 is 5.92 Å². The predicted molar refractivity (Wildman–Crippen MR) is 98.1 cm³/mol.